The zero-order valence-electron chi connectivity index (χ0n) is 9.58. The van der Waals surface area contributed by atoms with Crippen LogP contribution in [-0.2, 0) is 9.63 Å². The summed E-state index contributed by atoms with van der Waals surface area (Å²) in [5, 5.41) is 1.62. The van der Waals surface area contributed by atoms with E-state index in [4.69, 9.17) is 4.84 Å². The Kier molecular flexibility index (Phi) is 3.62. The lowest BCUT2D eigenvalue weighted by molar-refractivity contribution is -0.202. The first-order valence-electron chi connectivity index (χ1n) is 6.21. The van der Waals surface area contributed by atoms with E-state index in [1.54, 1.807) is 5.06 Å². The summed E-state index contributed by atoms with van der Waals surface area (Å²) < 4.78 is 0. The molecule has 1 aliphatic carbocycles. The summed E-state index contributed by atoms with van der Waals surface area (Å²) >= 11 is 0. The monoisotopic (exact) mass is 211 g/mol. The number of amides is 1. The third-order valence-electron chi connectivity index (χ3n) is 3.61. The standard InChI is InChI=1S/C12H21NO2/c1-10-4-6-11(7-5-10)12(14)13-8-2-3-9-15-13/h10-11H,2-9H2,1H3. The average molecular weight is 211 g/mol. The first kappa shape index (κ1) is 10.9. The highest BCUT2D eigenvalue weighted by atomic mass is 16.7. The lowest BCUT2D eigenvalue weighted by atomic mass is 9.82. The molecule has 15 heavy (non-hydrogen) atoms. The Morgan fingerprint density at radius 1 is 1.20 bits per heavy atom. The molecule has 2 rings (SSSR count). The van der Waals surface area contributed by atoms with Crippen molar-refractivity contribution in [3.63, 3.8) is 0 Å². The van der Waals surface area contributed by atoms with E-state index in [-0.39, 0.29) is 11.8 Å². The summed E-state index contributed by atoms with van der Waals surface area (Å²) in [5.74, 6) is 1.28. The molecule has 0 aromatic carbocycles. The third kappa shape index (κ3) is 2.71. The SMILES string of the molecule is CC1CCC(C(=O)N2CCCCO2)CC1. The topological polar surface area (TPSA) is 29.5 Å². The van der Waals surface area contributed by atoms with E-state index in [2.05, 4.69) is 6.92 Å². The van der Waals surface area contributed by atoms with Crippen LogP contribution < -0.4 is 0 Å². The van der Waals surface area contributed by atoms with Crippen LogP contribution in [0.5, 0.6) is 0 Å². The number of hydrogen-bond acceptors (Lipinski definition) is 2. The van der Waals surface area contributed by atoms with Crippen molar-refractivity contribution in [2.24, 2.45) is 11.8 Å². The van der Waals surface area contributed by atoms with Gasteiger partial charge in [-0.1, -0.05) is 6.92 Å². The summed E-state index contributed by atoms with van der Waals surface area (Å²) in [7, 11) is 0. The van der Waals surface area contributed by atoms with Crippen LogP contribution in [0.1, 0.15) is 45.4 Å². The van der Waals surface area contributed by atoms with Gasteiger partial charge in [0.05, 0.1) is 6.61 Å². The first-order chi connectivity index (χ1) is 7.27. The van der Waals surface area contributed by atoms with Crippen LogP contribution in [-0.4, -0.2) is 24.1 Å². The molecule has 0 radical (unpaired) electrons. The Bertz CT molecular complexity index is 216. The molecule has 1 amide bonds. The van der Waals surface area contributed by atoms with E-state index < -0.39 is 0 Å². The molecule has 0 spiro atoms. The molecule has 2 aliphatic rings. The Morgan fingerprint density at radius 3 is 2.53 bits per heavy atom. The van der Waals surface area contributed by atoms with Gasteiger partial charge in [0.15, 0.2) is 0 Å². The molecule has 1 heterocycles. The molecule has 1 saturated heterocycles. The molecule has 0 aromatic rings. The highest BCUT2D eigenvalue weighted by Gasteiger charge is 2.29. The van der Waals surface area contributed by atoms with Crippen LogP contribution in [0.2, 0.25) is 0 Å². The molecular weight excluding hydrogens is 190 g/mol. The highest BCUT2D eigenvalue weighted by molar-refractivity contribution is 5.77. The van der Waals surface area contributed by atoms with Crippen molar-refractivity contribution in [1.82, 2.24) is 5.06 Å². The molecule has 1 aliphatic heterocycles. The van der Waals surface area contributed by atoms with Crippen LogP contribution in [0.15, 0.2) is 0 Å². The number of nitrogens with zero attached hydrogens (tertiary/aromatic N) is 1. The third-order valence-corrected chi connectivity index (χ3v) is 3.61. The second-order valence-electron chi connectivity index (χ2n) is 4.94. The molecule has 1 saturated carbocycles. The minimum absolute atomic E-state index is 0.235. The Hall–Kier alpha value is -0.570. The van der Waals surface area contributed by atoms with Gasteiger partial charge >= 0.3 is 0 Å². The molecule has 0 atom stereocenters. The van der Waals surface area contributed by atoms with Crippen LogP contribution in [0.3, 0.4) is 0 Å². The summed E-state index contributed by atoms with van der Waals surface area (Å²) in [6.07, 6.45) is 6.69. The number of hydroxylamine groups is 2. The van der Waals surface area contributed by atoms with Crippen molar-refractivity contribution in [1.29, 1.82) is 0 Å². The molecule has 2 fully saturated rings. The van der Waals surface area contributed by atoms with Gasteiger partial charge in [-0.3, -0.25) is 9.63 Å². The van der Waals surface area contributed by atoms with E-state index in [0.29, 0.717) is 0 Å². The van der Waals surface area contributed by atoms with Crippen LogP contribution in [0, 0.1) is 11.8 Å². The lowest BCUT2D eigenvalue weighted by Gasteiger charge is -2.32. The molecule has 86 valence electrons. The molecule has 0 unspecified atom stereocenters. The first-order valence-corrected chi connectivity index (χ1v) is 6.21. The van der Waals surface area contributed by atoms with Crippen molar-refractivity contribution in [3.05, 3.63) is 0 Å². The average Bonchev–Trinajstić information content (AvgIpc) is 2.30. The van der Waals surface area contributed by atoms with Gasteiger partial charge in [-0.2, -0.15) is 0 Å². The van der Waals surface area contributed by atoms with Crippen molar-refractivity contribution in [2.75, 3.05) is 13.2 Å². The molecule has 0 N–H and O–H groups in total. The van der Waals surface area contributed by atoms with Gasteiger partial charge in [0, 0.05) is 12.5 Å². The maximum absolute atomic E-state index is 12.1. The van der Waals surface area contributed by atoms with E-state index in [1.807, 2.05) is 0 Å². The largest absolute Gasteiger partial charge is 0.272 e. The highest BCUT2D eigenvalue weighted by Crippen LogP contribution is 2.30. The molecule has 3 heteroatoms. The van der Waals surface area contributed by atoms with Crippen molar-refractivity contribution in [2.45, 2.75) is 45.4 Å². The van der Waals surface area contributed by atoms with Crippen molar-refractivity contribution < 1.29 is 9.63 Å². The lowest BCUT2D eigenvalue weighted by Crippen LogP contribution is -2.40. The fraction of sp³-hybridized carbons (Fsp3) is 0.917. The van der Waals surface area contributed by atoms with E-state index in [9.17, 15) is 4.79 Å². The predicted molar refractivity (Wildman–Crippen MR) is 58.0 cm³/mol. The van der Waals surface area contributed by atoms with Crippen LogP contribution >= 0.6 is 0 Å². The Morgan fingerprint density at radius 2 is 1.93 bits per heavy atom. The van der Waals surface area contributed by atoms with Gasteiger partial charge in [0.25, 0.3) is 0 Å². The van der Waals surface area contributed by atoms with Crippen LogP contribution in [0.25, 0.3) is 0 Å². The zero-order valence-corrected chi connectivity index (χ0v) is 9.58. The van der Waals surface area contributed by atoms with Gasteiger partial charge in [-0.05, 0) is 44.4 Å². The predicted octanol–water partition coefficient (Wildman–Crippen LogP) is 2.37. The van der Waals surface area contributed by atoms with Gasteiger partial charge in [0.2, 0.25) is 5.91 Å². The summed E-state index contributed by atoms with van der Waals surface area (Å²) in [4.78, 5) is 17.5. The minimum Gasteiger partial charge on any atom is -0.272 e. The summed E-state index contributed by atoms with van der Waals surface area (Å²) in [5.41, 5.74) is 0. The van der Waals surface area contributed by atoms with Crippen LogP contribution in [0.4, 0.5) is 0 Å². The second-order valence-corrected chi connectivity index (χ2v) is 4.94. The molecule has 3 nitrogen and oxygen atoms in total. The van der Waals surface area contributed by atoms with E-state index >= 15 is 0 Å². The number of carbonyl (C=O) groups excluding carboxylic acids is 1. The quantitative estimate of drug-likeness (QED) is 0.666. The van der Waals surface area contributed by atoms with E-state index in [0.717, 1.165) is 44.8 Å². The number of carbonyl (C=O) groups is 1. The second kappa shape index (κ2) is 4.97. The number of rotatable bonds is 1. The zero-order chi connectivity index (χ0) is 10.7. The van der Waals surface area contributed by atoms with Gasteiger partial charge in [-0.15, -0.1) is 0 Å². The molecule has 0 bridgehead atoms. The molecule has 0 aromatic heterocycles. The Labute approximate surface area is 91.7 Å². The minimum atomic E-state index is 0.235. The number of hydrogen-bond donors (Lipinski definition) is 0. The fourth-order valence-corrected chi connectivity index (χ4v) is 2.48. The van der Waals surface area contributed by atoms with Gasteiger partial charge in [0.1, 0.15) is 0 Å². The summed E-state index contributed by atoms with van der Waals surface area (Å²) in [6.45, 7) is 3.79. The van der Waals surface area contributed by atoms with Gasteiger partial charge < -0.3 is 0 Å². The maximum Gasteiger partial charge on any atom is 0.249 e. The fourth-order valence-electron chi connectivity index (χ4n) is 2.48. The van der Waals surface area contributed by atoms with E-state index in [1.165, 1.54) is 12.8 Å². The van der Waals surface area contributed by atoms with Crippen molar-refractivity contribution in [3.8, 4) is 0 Å². The maximum atomic E-state index is 12.1. The summed E-state index contributed by atoms with van der Waals surface area (Å²) in [6, 6.07) is 0. The normalized spacial score (nSPS) is 32.7. The smallest absolute Gasteiger partial charge is 0.249 e. The Balaban J connectivity index is 1.84. The molecular formula is C12H21NO2. The van der Waals surface area contributed by atoms with Crippen molar-refractivity contribution >= 4 is 5.91 Å². The van der Waals surface area contributed by atoms with Gasteiger partial charge in [-0.25, -0.2) is 5.06 Å².